The number of fused-ring (bicyclic) bond motifs is 1. The van der Waals surface area contributed by atoms with Crippen molar-refractivity contribution in [2.45, 2.75) is 19.1 Å². The number of aromatic nitrogens is 4. The Morgan fingerprint density at radius 1 is 1.06 bits per heavy atom. The van der Waals surface area contributed by atoms with Crippen molar-refractivity contribution in [3.05, 3.63) is 60.4 Å². The van der Waals surface area contributed by atoms with Gasteiger partial charge in [-0.05, 0) is 36.8 Å². The van der Waals surface area contributed by atoms with Crippen molar-refractivity contribution in [3.63, 3.8) is 0 Å². The second-order valence-electron chi connectivity index (χ2n) is 7.34. The molecule has 2 aromatic carbocycles. The molecule has 0 saturated heterocycles. The lowest BCUT2D eigenvalue weighted by Crippen LogP contribution is -2.19. The number of aryl methyl sites for hydroxylation is 1. The van der Waals surface area contributed by atoms with Gasteiger partial charge in [-0.1, -0.05) is 18.2 Å². The van der Waals surface area contributed by atoms with Crippen LogP contribution in [0.1, 0.15) is 12.0 Å². The number of nitrogens with two attached hydrogens (primary N) is 1. The summed E-state index contributed by atoms with van der Waals surface area (Å²) in [6.07, 6.45) is -2.67. The number of aliphatic hydroxyl groups is 1. The van der Waals surface area contributed by atoms with Crippen molar-refractivity contribution >= 4 is 34.3 Å². The number of halogens is 3. The summed E-state index contributed by atoms with van der Waals surface area (Å²) in [5, 5.41) is 19.2. The van der Waals surface area contributed by atoms with Gasteiger partial charge in [0, 0.05) is 30.1 Å². The summed E-state index contributed by atoms with van der Waals surface area (Å²) in [6, 6.07) is 10.3. The SMILES string of the molecule is Nc1ncnc2c1c(-c1ccc(NC(=O)Nc3cccc(C(F)(F)F)c3)cc1)nn2CCCO. The van der Waals surface area contributed by atoms with Crippen LogP contribution in [-0.2, 0) is 12.7 Å². The monoisotopic (exact) mass is 471 g/mol. The van der Waals surface area contributed by atoms with E-state index in [0.717, 1.165) is 12.1 Å². The van der Waals surface area contributed by atoms with Crippen LogP contribution in [0.15, 0.2) is 54.9 Å². The molecule has 2 aromatic heterocycles. The molecule has 0 fully saturated rings. The molecule has 0 aliphatic heterocycles. The highest BCUT2D eigenvalue weighted by Gasteiger charge is 2.30. The van der Waals surface area contributed by atoms with Crippen molar-refractivity contribution in [2.75, 3.05) is 23.0 Å². The Balaban J connectivity index is 1.52. The molecule has 0 radical (unpaired) electrons. The van der Waals surface area contributed by atoms with E-state index in [4.69, 9.17) is 10.8 Å². The number of urea groups is 1. The zero-order valence-corrected chi connectivity index (χ0v) is 17.7. The molecule has 5 N–H and O–H groups in total. The van der Waals surface area contributed by atoms with Crippen molar-refractivity contribution in [1.29, 1.82) is 0 Å². The second kappa shape index (κ2) is 9.35. The van der Waals surface area contributed by atoms with E-state index < -0.39 is 17.8 Å². The smallest absolute Gasteiger partial charge is 0.396 e. The summed E-state index contributed by atoms with van der Waals surface area (Å²) in [4.78, 5) is 20.5. The van der Waals surface area contributed by atoms with E-state index in [2.05, 4.69) is 25.7 Å². The minimum absolute atomic E-state index is 0.000181. The Hall–Kier alpha value is -4.19. The molecule has 0 spiro atoms. The maximum atomic E-state index is 12.9. The molecule has 0 atom stereocenters. The standard InChI is InChI=1S/C22H20F3N7O2/c23-22(24,25)14-3-1-4-16(11-14)30-21(34)29-15-7-5-13(6-8-15)18-17-19(26)27-12-28-20(17)32(31-18)9-2-10-33/h1,3-8,11-12,33H,2,9-10H2,(H2,26,27,28)(H2,29,30,34). The highest BCUT2D eigenvalue weighted by molar-refractivity contribution is 6.01. The number of hydrogen-bond donors (Lipinski definition) is 4. The zero-order valence-electron chi connectivity index (χ0n) is 17.7. The summed E-state index contributed by atoms with van der Waals surface area (Å²) < 4.78 is 40.2. The molecule has 4 rings (SSSR count). The van der Waals surface area contributed by atoms with E-state index in [9.17, 15) is 18.0 Å². The molecule has 0 saturated carbocycles. The maximum Gasteiger partial charge on any atom is 0.416 e. The number of hydrogen-bond acceptors (Lipinski definition) is 6. The summed E-state index contributed by atoms with van der Waals surface area (Å²) >= 11 is 0. The summed E-state index contributed by atoms with van der Waals surface area (Å²) in [7, 11) is 0. The molecular formula is C22H20F3N7O2. The number of nitrogen functional groups attached to an aromatic ring is 1. The fraction of sp³-hybridized carbons (Fsp3) is 0.182. The van der Waals surface area contributed by atoms with Crippen LogP contribution in [-0.4, -0.2) is 37.5 Å². The third-order valence-electron chi connectivity index (χ3n) is 4.95. The van der Waals surface area contributed by atoms with Gasteiger partial charge >= 0.3 is 12.2 Å². The third kappa shape index (κ3) is 4.91. The van der Waals surface area contributed by atoms with Crippen LogP contribution >= 0.6 is 0 Å². The van der Waals surface area contributed by atoms with E-state index in [0.29, 0.717) is 40.9 Å². The van der Waals surface area contributed by atoms with E-state index in [1.807, 2.05) is 0 Å². The lowest BCUT2D eigenvalue weighted by Gasteiger charge is -2.11. The quantitative estimate of drug-likeness (QED) is 0.335. The van der Waals surface area contributed by atoms with E-state index >= 15 is 0 Å². The van der Waals surface area contributed by atoms with Gasteiger partial charge in [0.05, 0.1) is 10.9 Å². The Bertz CT molecular complexity index is 1320. The Morgan fingerprint density at radius 3 is 2.50 bits per heavy atom. The normalized spacial score (nSPS) is 11.5. The van der Waals surface area contributed by atoms with Gasteiger partial charge < -0.3 is 21.5 Å². The molecule has 34 heavy (non-hydrogen) atoms. The van der Waals surface area contributed by atoms with Crippen molar-refractivity contribution in [3.8, 4) is 11.3 Å². The predicted molar refractivity (Wildman–Crippen MR) is 121 cm³/mol. The fourth-order valence-electron chi connectivity index (χ4n) is 3.39. The van der Waals surface area contributed by atoms with Gasteiger partial charge in [-0.3, -0.25) is 0 Å². The van der Waals surface area contributed by atoms with Crippen molar-refractivity contribution in [2.24, 2.45) is 0 Å². The lowest BCUT2D eigenvalue weighted by molar-refractivity contribution is -0.137. The fourth-order valence-corrected chi connectivity index (χ4v) is 3.39. The van der Waals surface area contributed by atoms with Gasteiger partial charge in [0.15, 0.2) is 5.65 Å². The number of carbonyl (C=O) groups is 1. The Labute approximate surface area is 191 Å². The van der Waals surface area contributed by atoms with E-state index in [1.54, 1.807) is 28.9 Å². The molecule has 0 aliphatic carbocycles. The zero-order chi connectivity index (χ0) is 24.3. The molecule has 176 valence electrons. The molecule has 4 aromatic rings. The first kappa shape index (κ1) is 23.0. The minimum Gasteiger partial charge on any atom is -0.396 e. The maximum absolute atomic E-state index is 12.9. The van der Waals surface area contributed by atoms with Gasteiger partial charge in [-0.15, -0.1) is 0 Å². The van der Waals surface area contributed by atoms with Crippen LogP contribution in [0.3, 0.4) is 0 Å². The summed E-state index contributed by atoms with van der Waals surface area (Å²) in [6.45, 7) is 0.443. The molecule has 2 amide bonds. The topological polar surface area (TPSA) is 131 Å². The number of aliphatic hydroxyl groups excluding tert-OH is 1. The largest absolute Gasteiger partial charge is 0.416 e. The van der Waals surface area contributed by atoms with Crippen LogP contribution in [0.4, 0.5) is 35.2 Å². The number of alkyl halides is 3. The second-order valence-corrected chi connectivity index (χ2v) is 7.34. The highest BCUT2D eigenvalue weighted by atomic mass is 19.4. The van der Waals surface area contributed by atoms with Gasteiger partial charge in [-0.25, -0.2) is 19.4 Å². The van der Waals surface area contributed by atoms with E-state index in [1.165, 1.54) is 18.5 Å². The van der Waals surface area contributed by atoms with E-state index in [-0.39, 0.29) is 18.1 Å². The number of benzene rings is 2. The predicted octanol–water partition coefficient (Wildman–Crippen LogP) is 4.12. The highest BCUT2D eigenvalue weighted by Crippen LogP contribution is 2.32. The molecule has 0 aliphatic rings. The minimum atomic E-state index is -4.51. The van der Waals surface area contributed by atoms with Gasteiger partial charge in [-0.2, -0.15) is 18.3 Å². The molecular weight excluding hydrogens is 451 g/mol. The average Bonchev–Trinajstić information content (AvgIpc) is 3.17. The number of nitrogens with one attached hydrogen (secondary N) is 2. The summed E-state index contributed by atoms with van der Waals surface area (Å²) in [5.74, 6) is 0.262. The van der Waals surface area contributed by atoms with Gasteiger partial charge in [0.25, 0.3) is 0 Å². The number of nitrogens with zero attached hydrogens (tertiary/aromatic N) is 4. The molecule has 2 heterocycles. The first-order chi connectivity index (χ1) is 16.3. The number of anilines is 3. The third-order valence-corrected chi connectivity index (χ3v) is 4.95. The first-order valence-electron chi connectivity index (χ1n) is 10.2. The molecule has 0 bridgehead atoms. The first-order valence-corrected chi connectivity index (χ1v) is 10.2. The molecule has 12 heteroatoms. The molecule has 9 nitrogen and oxygen atoms in total. The van der Waals surface area contributed by atoms with Crippen LogP contribution in [0, 0.1) is 0 Å². The Morgan fingerprint density at radius 2 is 1.79 bits per heavy atom. The van der Waals surface area contributed by atoms with Crippen LogP contribution in [0.25, 0.3) is 22.3 Å². The number of carbonyl (C=O) groups excluding carboxylic acids is 1. The van der Waals surface area contributed by atoms with Crippen LogP contribution < -0.4 is 16.4 Å². The van der Waals surface area contributed by atoms with Gasteiger partial charge in [0.1, 0.15) is 17.8 Å². The number of amides is 2. The van der Waals surface area contributed by atoms with Crippen molar-refractivity contribution < 1.29 is 23.1 Å². The van der Waals surface area contributed by atoms with Crippen LogP contribution in [0.2, 0.25) is 0 Å². The Kier molecular flexibility index (Phi) is 6.32. The molecule has 0 unspecified atom stereocenters. The van der Waals surface area contributed by atoms with Gasteiger partial charge in [0.2, 0.25) is 0 Å². The lowest BCUT2D eigenvalue weighted by atomic mass is 10.1. The average molecular weight is 471 g/mol. The summed E-state index contributed by atoms with van der Waals surface area (Å²) in [5.41, 5.74) is 7.41. The van der Waals surface area contributed by atoms with Crippen molar-refractivity contribution in [1.82, 2.24) is 19.7 Å². The van der Waals surface area contributed by atoms with Crippen LogP contribution in [0.5, 0.6) is 0 Å². The number of rotatable bonds is 6.